The van der Waals surface area contributed by atoms with Gasteiger partial charge in [0, 0.05) is 22.6 Å². The molecular weight excluding hydrogens is 327 g/mol. The van der Waals surface area contributed by atoms with E-state index < -0.39 is 0 Å². The molecule has 0 bridgehead atoms. The molecule has 0 unspecified atom stereocenters. The van der Waals surface area contributed by atoms with Crippen molar-refractivity contribution in [1.82, 2.24) is 10.2 Å². The molecule has 0 N–H and O–H groups in total. The Bertz CT molecular complexity index is 658. The van der Waals surface area contributed by atoms with Gasteiger partial charge in [-0.25, -0.2) is 0 Å². The lowest BCUT2D eigenvalue weighted by Crippen LogP contribution is -1.90. The summed E-state index contributed by atoms with van der Waals surface area (Å²) in [6, 6.07) is 14.6. The van der Waals surface area contributed by atoms with Crippen LogP contribution in [0, 0.1) is 3.90 Å². The highest BCUT2D eigenvalue weighted by atomic mass is 127. The Kier molecular flexibility index (Phi) is 2.80. The molecule has 0 saturated heterocycles. The summed E-state index contributed by atoms with van der Waals surface area (Å²) >= 11 is 2.02. The van der Waals surface area contributed by atoms with Crippen molar-refractivity contribution >= 4 is 33.4 Å². The summed E-state index contributed by atoms with van der Waals surface area (Å²) in [6.45, 7) is 0. The van der Waals surface area contributed by atoms with Gasteiger partial charge in [-0.3, -0.25) is 0 Å². The minimum absolute atomic E-state index is 0.581. The summed E-state index contributed by atoms with van der Waals surface area (Å²) in [5.41, 5.74) is 1.21. The van der Waals surface area contributed by atoms with E-state index in [0.29, 0.717) is 16.2 Å². The second-order valence-corrected chi connectivity index (χ2v) is 4.69. The van der Waals surface area contributed by atoms with E-state index in [-0.39, 0.29) is 0 Å². The summed E-state index contributed by atoms with van der Waals surface area (Å²) in [6.07, 6.45) is 0.678. The molecule has 1 aromatic heterocycles. The maximum Gasteiger partial charge on any atom is 0.278 e. The van der Waals surface area contributed by atoms with Crippen LogP contribution in [0.15, 0.2) is 46.9 Å². The van der Waals surface area contributed by atoms with Crippen molar-refractivity contribution in [2.24, 2.45) is 0 Å². The third kappa shape index (κ3) is 2.17. The summed E-state index contributed by atoms with van der Waals surface area (Å²) in [4.78, 5) is 0. The van der Waals surface area contributed by atoms with E-state index in [1.54, 1.807) is 0 Å². The molecule has 3 aromatic rings. The predicted molar refractivity (Wildman–Crippen MR) is 73.8 cm³/mol. The van der Waals surface area contributed by atoms with Gasteiger partial charge in [-0.05, 0) is 16.3 Å². The maximum atomic E-state index is 5.40. The van der Waals surface area contributed by atoms with Crippen LogP contribution in [0.25, 0.3) is 10.8 Å². The van der Waals surface area contributed by atoms with Gasteiger partial charge in [0.05, 0.1) is 6.42 Å². The zero-order valence-electron chi connectivity index (χ0n) is 8.93. The number of nitrogens with zero attached hydrogens (tertiary/aromatic N) is 2. The van der Waals surface area contributed by atoms with Crippen LogP contribution in [-0.4, -0.2) is 10.2 Å². The van der Waals surface area contributed by atoms with Crippen LogP contribution in [0.2, 0.25) is 0 Å². The quantitative estimate of drug-likeness (QED) is 0.673. The molecule has 3 nitrogen and oxygen atoms in total. The minimum atomic E-state index is 0.581. The van der Waals surface area contributed by atoms with Gasteiger partial charge in [-0.15, -0.1) is 10.2 Å². The molecule has 2 aromatic carbocycles. The number of aromatic nitrogens is 2. The van der Waals surface area contributed by atoms with Crippen LogP contribution in [0.5, 0.6) is 0 Å². The van der Waals surface area contributed by atoms with Crippen molar-refractivity contribution in [3.8, 4) is 0 Å². The number of benzene rings is 2. The zero-order valence-corrected chi connectivity index (χ0v) is 11.1. The smallest absolute Gasteiger partial charge is 0.278 e. The standard InChI is InChI=1S/C13H9IN2O/c14-13-16-15-12(17-13)8-10-6-3-5-9-4-1-2-7-11(9)10/h1-7H,8H2. The van der Waals surface area contributed by atoms with E-state index in [4.69, 9.17) is 4.42 Å². The Morgan fingerprint density at radius 1 is 1.00 bits per heavy atom. The SMILES string of the molecule is Ic1nnc(Cc2cccc3ccccc23)o1. The molecule has 0 spiro atoms. The summed E-state index contributed by atoms with van der Waals surface area (Å²) in [7, 11) is 0. The van der Waals surface area contributed by atoms with E-state index >= 15 is 0 Å². The largest absolute Gasteiger partial charge is 0.416 e. The van der Waals surface area contributed by atoms with Crippen molar-refractivity contribution in [2.75, 3.05) is 0 Å². The molecule has 3 rings (SSSR count). The Morgan fingerprint density at radius 3 is 2.65 bits per heavy atom. The van der Waals surface area contributed by atoms with Crippen molar-refractivity contribution < 1.29 is 4.42 Å². The molecule has 0 radical (unpaired) electrons. The van der Waals surface area contributed by atoms with E-state index in [2.05, 4.69) is 40.5 Å². The monoisotopic (exact) mass is 336 g/mol. The second-order valence-electron chi connectivity index (χ2n) is 3.76. The van der Waals surface area contributed by atoms with Crippen LogP contribution in [0.4, 0.5) is 0 Å². The number of hydrogen-bond donors (Lipinski definition) is 0. The minimum Gasteiger partial charge on any atom is -0.416 e. The Labute approximate surface area is 112 Å². The fraction of sp³-hybridized carbons (Fsp3) is 0.0769. The van der Waals surface area contributed by atoms with Crippen LogP contribution >= 0.6 is 22.6 Å². The van der Waals surface area contributed by atoms with Gasteiger partial charge in [0.25, 0.3) is 3.90 Å². The number of fused-ring (bicyclic) bond motifs is 1. The van der Waals surface area contributed by atoms with E-state index in [0.717, 1.165) is 0 Å². The van der Waals surface area contributed by atoms with Gasteiger partial charge in [0.2, 0.25) is 5.89 Å². The number of rotatable bonds is 2. The molecule has 0 saturated carbocycles. The molecule has 0 aliphatic rings. The molecule has 0 atom stereocenters. The predicted octanol–water partition coefficient (Wildman–Crippen LogP) is 3.42. The van der Waals surface area contributed by atoms with Gasteiger partial charge in [0.15, 0.2) is 0 Å². The fourth-order valence-electron chi connectivity index (χ4n) is 1.91. The third-order valence-electron chi connectivity index (χ3n) is 2.66. The number of halogens is 1. The molecule has 0 aliphatic heterocycles. The van der Waals surface area contributed by atoms with E-state index in [1.165, 1.54) is 16.3 Å². The van der Waals surface area contributed by atoms with Crippen molar-refractivity contribution in [2.45, 2.75) is 6.42 Å². The highest BCUT2D eigenvalue weighted by Crippen LogP contribution is 2.20. The molecule has 0 aliphatic carbocycles. The second kappa shape index (κ2) is 4.44. The topological polar surface area (TPSA) is 38.9 Å². The van der Waals surface area contributed by atoms with E-state index in [1.807, 2.05) is 34.7 Å². The first-order valence-corrected chi connectivity index (χ1v) is 6.35. The van der Waals surface area contributed by atoms with Crippen LogP contribution in [0.3, 0.4) is 0 Å². The fourth-order valence-corrected chi connectivity index (χ4v) is 2.28. The Hall–Kier alpha value is -1.43. The first-order valence-electron chi connectivity index (χ1n) is 5.27. The zero-order chi connectivity index (χ0) is 11.7. The van der Waals surface area contributed by atoms with E-state index in [9.17, 15) is 0 Å². The molecule has 4 heteroatoms. The Balaban J connectivity index is 2.05. The van der Waals surface area contributed by atoms with Crippen molar-refractivity contribution in [1.29, 1.82) is 0 Å². The third-order valence-corrected chi connectivity index (χ3v) is 3.10. The lowest BCUT2D eigenvalue weighted by Gasteiger charge is -2.03. The first kappa shape index (κ1) is 10.7. The molecular formula is C13H9IN2O. The molecule has 84 valence electrons. The van der Waals surface area contributed by atoms with Gasteiger partial charge in [0.1, 0.15) is 0 Å². The molecule has 0 fully saturated rings. The Morgan fingerprint density at radius 2 is 1.82 bits per heavy atom. The average Bonchev–Trinajstić information content (AvgIpc) is 2.75. The van der Waals surface area contributed by atoms with Gasteiger partial charge >= 0.3 is 0 Å². The lowest BCUT2D eigenvalue weighted by atomic mass is 10.0. The first-order chi connectivity index (χ1) is 8.33. The van der Waals surface area contributed by atoms with Crippen LogP contribution in [-0.2, 0) is 6.42 Å². The van der Waals surface area contributed by atoms with Gasteiger partial charge < -0.3 is 4.42 Å². The highest BCUT2D eigenvalue weighted by Gasteiger charge is 2.07. The van der Waals surface area contributed by atoms with Crippen molar-refractivity contribution in [3.05, 3.63) is 57.8 Å². The van der Waals surface area contributed by atoms with Crippen LogP contribution < -0.4 is 0 Å². The van der Waals surface area contributed by atoms with Crippen LogP contribution in [0.1, 0.15) is 11.5 Å². The average molecular weight is 336 g/mol. The summed E-state index contributed by atoms with van der Waals surface area (Å²) in [5.74, 6) is 0.658. The lowest BCUT2D eigenvalue weighted by molar-refractivity contribution is 0.479. The summed E-state index contributed by atoms with van der Waals surface area (Å²) in [5, 5.41) is 10.3. The number of hydrogen-bond acceptors (Lipinski definition) is 3. The van der Waals surface area contributed by atoms with Gasteiger partial charge in [-0.2, -0.15) is 0 Å². The van der Waals surface area contributed by atoms with Gasteiger partial charge in [-0.1, -0.05) is 42.5 Å². The maximum absolute atomic E-state index is 5.40. The normalized spacial score (nSPS) is 10.9. The van der Waals surface area contributed by atoms with Crippen molar-refractivity contribution in [3.63, 3.8) is 0 Å². The molecule has 1 heterocycles. The highest BCUT2D eigenvalue weighted by molar-refractivity contribution is 14.1. The molecule has 17 heavy (non-hydrogen) atoms. The molecule has 0 amide bonds. The summed E-state index contributed by atoms with van der Waals surface area (Å²) < 4.78 is 5.98.